The van der Waals surface area contributed by atoms with Gasteiger partial charge in [0.1, 0.15) is 4.90 Å². The molecule has 0 amide bonds. The summed E-state index contributed by atoms with van der Waals surface area (Å²) in [5.41, 5.74) is -0.639. The number of sulfonamides is 1. The van der Waals surface area contributed by atoms with E-state index in [4.69, 9.17) is 5.11 Å². The molecule has 17 heavy (non-hydrogen) atoms. The number of hydrogen-bond acceptors (Lipinski definition) is 3. The molecule has 8 heteroatoms. The summed E-state index contributed by atoms with van der Waals surface area (Å²) in [6.45, 7) is 1.42. The Balaban J connectivity index is 3.48. The SMILES string of the molecule is CCNS(=O)(=O)c1cc(C(=O)O)cc(F)c1F. The zero-order valence-corrected chi connectivity index (χ0v) is 9.51. The minimum absolute atomic E-state index is 0.0271. The fraction of sp³-hybridized carbons (Fsp3) is 0.222. The summed E-state index contributed by atoms with van der Waals surface area (Å²) in [4.78, 5) is 9.58. The topological polar surface area (TPSA) is 83.5 Å². The van der Waals surface area contributed by atoms with E-state index in [1.807, 2.05) is 4.72 Å². The number of hydrogen-bond donors (Lipinski definition) is 2. The lowest BCUT2D eigenvalue weighted by atomic mass is 10.2. The Kier molecular flexibility index (Phi) is 3.79. The van der Waals surface area contributed by atoms with E-state index in [2.05, 4.69) is 0 Å². The highest BCUT2D eigenvalue weighted by Gasteiger charge is 2.23. The van der Waals surface area contributed by atoms with Gasteiger partial charge in [-0.3, -0.25) is 0 Å². The van der Waals surface area contributed by atoms with E-state index in [9.17, 15) is 22.0 Å². The minimum atomic E-state index is -4.25. The number of rotatable bonds is 4. The molecule has 0 spiro atoms. The molecule has 94 valence electrons. The molecule has 2 N–H and O–H groups in total. The van der Waals surface area contributed by atoms with E-state index < -0.39 is 38.1 Å². The van der Waals surface area contributed by atoms with E-state index in [1.54, 1.807) is 0 Å². The first-order chi connectivity index (χ1) is 7.79. The maximum atomic E-state index is 13.3. The van der Waals surface area contributed by atoms with Crippen LogP contribution in [0.5, 0.6) is 0 Å². The van der Waals surface area contributed by atoms with Gasteiger partial charge in [-0.15, -0.1) is 0 Å². The van der Waals surface area contributed by atoms with Crippen molar-refractivity contribution in [3.63, 3.8) is 0 Å². The Morgan fingerprint density at radius 1 is 1.41 bits per heavy atom. The summed E-state index contributed by atoms with van der Waals surface area (Å²) < 4.78 is 51.2. The van der Waals surface area contributed by atoms with Gasteiger partial charge in [0.2, 0.25) is 10.0 Å². The zero-order chi connectivity index (χ0) is 13.2. The van der Waals surface area contributed by atoms with Gasteiger partial charge in [0, 0.05) is 6.54 Å². The number of carboxylic acids is 1. The third-order valence-electron chi connectivity index (χ3n) is 1.87. The predicted octanol–water partition coefficient (Wildman–Crippen LogP) is 0.961. The van der Waals surface area contributed by atoms with Crippen molar-refractivity contribution >= 4 is 16.0 Å². The highest BCUT2D eigenvalue weighted by atomic mass is 32.2. The number of aromatic carboxylic acids is 1. The first kappa shape index (κ1) is 13.5. The molecule has 5 nitrogen and oxygen atoms in total. The van der Waals surface area contributed by atoms with Crippen LogP contribution in [-0.4, -0.2) is 26.0 Å². The summed E-state index contributed by atoms with van der Waals surface area (Å²) >= 11 is 0. The highest BCUT2D eigenvalue weighted by molar-refractivity contribution is 7.89. The Morgan fingerprint density at radius 2 is 2.00 bits per heavy atom. The van der Waals surface area contributed by atoms with Crippen LogP contribution >= 0.6 is 0 Å². The molecule has 0 fully saturated rings. The molecule has 0 unspecified atom stereocenters. The van der Waals surface area contributed by atoms with Crippen LogP contribution in [-0.2, 0) is 10.0 Å². The summed E-state index contributed by atoms with van der Waals surface area (Å²) in [6, 6.07) is 0.987. The van der Waals surface area contributed by atoms with Gasteiger partial charge in [0.15, 0.2) is 11.6 Å². The van der Waals surface area contributed by atoms with E-state index in [-0.39, 0.29) is 6.54 Å². The van der Waals surface area contributed by atoms with Crippen molar-refractivity contribution < 1.29 is 27.1 Å². The summed E-state index contributed by atoms with van der Waals surface area (Å²) in [6.07, 6.45) is 0. The Hall–Kier alpha value is -1.54. The number of nitrogens with one attached hydrogen (secondary N) is 1. The first-order valence-electron chi connectivity index (χ1n) is 4.51. The van der Waals surface area contributed by atoms with Gasteiger partial charge in [-0.25, -0.2) is 26.7 Å². The fourth-order valence-electron chi connectivity index (χ4n) is 1.15. The van der Waals surface area contributed by atoms with Crippen LogP contribution in [0.2, 0.25) is 0 Å². The van der Waals surface area contributed by atoms with Crippen LogP contribution in [0.1, 0.15) is 17.3 Å². The van der Waals surface area contributed by atoms with Gasteiger partial charge in [0.25, 0.3) is 0 Å². The highest BCUT2D eigenvalue weighted by Crippen LogP contribution is 2.19. The van der Waals surface area contributed by atoms with Crippen molar-refractivity contribution in [3.8, 4) is 0 Å². The minimum Gasteiger partial charge on any atom is -0.478 e. The quantitative estimate of drug-likeness (QED) is 0.849. The third kappa shape index (κ3) is 2.77. The molecule has 0 saturated heterocycles. The monoisotopic (exact) mass is 265 g/mol. The molecular weight excluding hydrogens is 256 g/mol. The first-order valence-corrected chi connectivity index (χ1v) is 6.00. The summed E-state index contributed by atoms with van der Waals surface area (Å²) in [5.74, 6) is -4.67. The van der Waals surface area contributed by atoms with E-state index in [1.165, 1.54) is 6.92 Å². The molecule has 0 atom stereocenters. The van der Waals surface area contributed by atoms with Crippen LogP contribution < -0.4 is 4.72 Å². The van der Waals surface area contributed by atoms with Gasteiger partial charge in [-0.1, -0.05) is 6.92 Å². The second-order valence-corrected chi connectivity index (χ2v) is 4.81. The number of carbonyl (C=O) groups is 1. The summed E-state index contributed by atoms with van der Waals surface area (Å²) in [7, 11) is -4.25. The number of halogens is 2. The molecule has 0 aliphatic carbocycles. The second-order valence-electron chi connectivity index (χ2n) is 3.08. The molecule has 1 aromatic rings. The largest absolute Gasteiger partial charge is 0.478 e. The van der Waals surface area contributed by atoms with Crippen LogP contribution in [0, 0.1) is 11.6 Å². The van der Waals surface area contributed by atoms with E-state index in [0.717, 1.165) is 0 Å². The normalized spacial score (nSPS) is 11.5. The van der Waals surface area contributed by atoms with Crippen molar-refractivity contribution in [1.82, 2.24) is 4.72 Å². The van der Waals surface area contributed by atoms with Crippen molar-refractivity contribution in [2.75, 3.05) is 6.54 Å². The van der Waals surface area contributed by atoms with Crippen LogP contribution in [0.4, 0.5) is 8.78 Å². The smallest absolute Gasteiger partial charge is 0.335 e. The molecule has 1 rings (SSSR count). The third-order valence-corrected chi connectivity index (χ3v) is 3.41. The van der Waals surface area contributed by atoms with Gasteiger partial charge in [0.05, 0.1) is 5.56 Å². The lowest BCUT2D eigenvalue weighted by molar-refractivity contribution is 0.0696. The molecule has 0 aliphatic heterocycles. The maximum absolute atomic E-state index is 13.3. The lowest BCUT2D eigenvalue weighted by Crippen LogP contribution is -2.25. The fourth-order valence-corrected chi connectivity index (χ4v) is 2.30. The zero-order valence-electron chi connectivity index (χ0n) is 8.70. The Morgan fingerprint density at radius 3 is 2.47 bits per heavy atom. The molecule has 0 aromatic heterocycles. The van der Waals surface area contributed by atoms with Crippen LogP contribution in [0.15, 0.2) is 17.0 Å². The second kappa shape index (κ2) is 4.76. The summed E-state index contributed by atoms with van der Waals surface area (Å²) in [5, 5.41) is 8.62. The van der Waals surface area contributed by atoms with Gasteiger partial charge in [-0.2, -0.15) is 0 Å². The average Bonchev–Trinajstić information content (AvgIpc) is 2.21. The standard InChI is InChI=1S/C9H9F2NO4S/c1-2-12-17(15,16)7-4-5(9(13)14)3-6(10)8(7)11/h3-4,12H,2H2,1H3,(H,13,14). The van der Waals surface area contributed by atoms with Crippen molar-refractivity contribution in [3.05, 3.63) is 29.3 Å². The lowest BCUT2D eigenvalue weighted by Gasteiger charge is -2.07. The van der Waals surface area contributed by atoms with Crippen molar-refractivity contribution in [2.24, 2.45) is 0 Å². The maximum Gasteiger partial charge on any atom is 0.335 e. The predicted molar refractivity (Wildman–Crippen MR) is 54.2 cm³/mol. The van der Waals surface area contributed by atoms with Gasteiger partial charge < -0.3 is 5.11 Å². The Labute approximate surface area is 96.1 Å². The number of benzene rings is 1. The molecule has 0 aliphatic rings. The molecule has 1 aromatic carbocycles. The molecule has 0 radical (unpaired) electrons. The van der Waals surface area contributed by atoms with Crippen molar-refractivity contribution in [1.29, 1.82) is 0 Å². The van der Waals surface area contributed by atoms with Crippen molar-refractivity contribution in [2.45, 2.75) is 11.8 Å². The molecule has 0 saturated carbocycles. The number of carboxylic acid groups (broad SMARTS) is 1. The van der Waals surface area contributed by atoms with Crippen LogP contribution in [0.3, 0.4) is 0 Å². The van der Waals surface area contributed by atoms with E-state index >= 15 is 0 Å². The Bertz CT molecular complexity index is 556. The van der Waals surface area contributed by atoms with Gasteiger partial charge in [-0.05, 0) is 12.1 Å². The molecule has 0 heterocycles. The van der Waals surface area contributed by atoms with Gasteiger partial charge >= 0.3 is 5.97 Å². The molecule has 0 bridgehead atoms. The average molecular weight is 265 g/mol. The van der Waals surface area contributed by atoms with E-state index in [0.29, 0.717) is 12.1 Å². The van der Waals surface area contributed by atoms with Crippen LogP contribution in [0.25, 0.3) is 0 Å². The molecular formula is C9H9F2NO4S.